The van der Waals surface area contributed by atoms with E-state index in [1.165, 1.54) is 0 Å². The molecule has 2 radical (unpaired) electrons. The molecule has 0 aromatic carbocycles. The van der Waals surface area contributed by atoms with Gasteiger partial charge in [0.1, 0.15) is 11.6 Å². The molecule has 8 heteroatoms. The molecule has 1 aliphatic rings. The van der Waals surface area contributed by atoms with Gasteiger partial charge < -0.3 is 9.62 Å². The molecular formula is C22H16BIrN6. The maximum absolute atomic E-state index is 4.59. The van der Waals surface area contributed by atoms with Gasteiger partial charge in [-0.2, -0.15) is 0 Å². The number of nitrogens with zero attached hydrogens (tertiary/aromatic N) is 6. The average Bonchev–Trinajstić information content (AvgIpc) is 3.31. The van der Waals surface area contributed by atoms with Crippen molar-refractivity contribution in [3.8, 4) is 22.3 Å². The van der Waals surface area contributed by atoms with Crippen LogP contribution in [0.3, 0.4) is 0 Å². The molecule has 6 nitrogen and oxygen atoms in total. The van der Waals surface area contributed by atoms with Crippen molar-refractivity contribution in [2.45, 2.75) is 0 Å². The Kier molecular flexibility index (Phi) is 5.98. The smallest absolute Gasteiger partial charge is 0.358 e. The van der Waals surface area contributed by atoms with Crippen molar-refractivity contribution >= 4 is 19.2 Å². The molecule has 4 aromatic heterocycles. The molecule has 5 heterocycles. The summed E-state index contributed by atoms with van der Waals surface area (Å²) in [5, 5.41) is 0. The summed E-state index contributed by atoms with van der Waals surface area (Å²) in [6.45, 7) is 0. The van der Waals surface area contributed by atoms with Crippen LogP contribution < -0.4 is 9.62 Å². The minimum Gasteiger partial charge on any atom is -0.358 e. The molecule has 0 saturated heterocycles. The number of hydrogen-bond donors (Lipinski definition) is 0. The van der Waals surface area contributed by atoms with E-state index in [0.29, 0.717) is 0 Å². The molecule has 1 aliphatic heterocycles. The van der Waals surface area contributed by atoms with Gasteiger partial charge in [-0.15, -0.1) is 0 Å². The summed E-state index contributed by atoms with van der Waals surface area (Å²) in [6.07, 6.45) is 14.8. The van der Waals surface area contributed by atoms with Gasteiger partial charge in [0.15, 0.2) is 0 Å². The summed E-state index contributed by atoms with van der Waals surface area (Å²) in [7, 11) is 1.96. The number of anilines is 2. The predicted molar refractivity (Wildman–Crippen MR) is 115 cm³/mol. The molecule has 0 fully saturated rings. The van der Waals surface area contributed by atoms with E-state index in [9.17, 15) is 0 Å². The van der Waals surface area contributed by atoms with Crippen LogP contribution in [0.4, 0.5) is 11.6 Å². The summed E-state index contributed by atoms with van der Waals surface area (Å²) in [5.74, 6) is 1.69. The second-order valence-corrected chi connectivity index (χ2v) is 6.51. The number of rotatable bonds is 4. The Morgan fingerprint density at radius 3 is 1.33 bits per heavy atom. The van der Waals surface area contributed by atoms with Gasteiger partial charge in [0.2, 0.25) is 0 Å². The monoisotopic (exact) mass is 568 g/mol. The van der Waals surface area contributed by atoms with E-state index < -0.39 is 0 Å². The van der Waals surface area contributed by atoms with E-state index in [-0.39, 0.29) is 20.1 Å². The molecule has 5 rings (SSSR count). The van der Waals surface area contributed by atoms with Gasteiger partial charge >= 0.3 is 7.55 Å². The number of hydrogen-bond acceptors (Lipinski definition) is 6. The van der Waals surface area contributed by atoms with Crippen LogP contribution >= 0.6 is 0 Å². The Labute approximate surface area is 189 Å². The molecule has 0 bridgehead atoms. The molecule has 0 spiro atoms. The van der Waals surface area contributed by atoms with Crippen molar-refractivity contribution in [3.05, 3.63) is 98.1 Å². The molecule has 0 unspecified atom stereocenters. The summed E-state index contributed by atoms with van der Waals surface area (Å²) in [4.78, 5) is 21.2. The second kappa shape index (κ2) is 8.99. The first kappa shape index (κ1) is 19.9. The van der Waals surface area contributed by atoms with Crippen LogP contribution in [0.2, 0.25) is 0 Å². The molecule has 0 amide bonds. The van der Waals surface area contributed by atoms with Crippen LogP contribution in [0.25, 0.3) is 22.3 Å². The van der Waals surface area contributed by atoms with Crippen LogP contribution in [0.1, 0.15) is 0 Å². The summed E-state index contributed by atoms with van der Waals surface area (Å²) in [5.41, 5.74) is 4.31. The van der Waals surface area contributed by atoms with Crippen molar-refractivity contribution in [1.29, 1.82) is 0 Å². The van der Waals surface area contributed by atoms with Gasteiger partial charge in [0.05, 0.1) is 0 Å². The minimum atomic E-state index is 0. The maximum atomic E-state index is 4.59. The molecule has 30 heavy (non-hydrogen) atoms. The van der Waals surface area contributed by atoms with E-state index in [4.69, 9.17) is 0 Å². The predicted octanol–water partition coefficient (Wildman–Crippen LogP) is 3.93. The van der Waals surface area contributed by atoms with Crippen LogP contribution in [0, 0.1) is 0 Å². The maximum Gasteiger partial charge on any atom is 0.402 e. The Morgan fingerprint density at radius 2 is 0.967 bits per heavy atom. The Bertz CT molecular complexity index is 1030. The summed E-state index contributed by atoms with van der Waals surface area (Å²) >= 11 is 0. The Balaban J connectivity index is 0.00000218. The Hall–Kier alpha value is -3.35. The number of aromatic nitrogens is 4. The van der Waals surface area contributed by atoms with E-state index in [1.807, 2.05) is 78.4 Å². The molecular weight excluding hydrogens is 551 g/mol. The SMILES string of the molecule is [B]1N(c2ccc(-c3ccncc3)cn2)C=CN1c1ccc(-c2ccncc2)cn1.[Ir]. The zero-order chi connectivity index (χ0) is 19.5. The van der Waals surface area contributed by atoms with Crippen LogP contribution in [0.15, 0.2) is 98.1 Å². The van der Waals surface area contributed by atoms with E-state index in [2.05, 4.69) is 32.1 Å². The summed E-state index contributed by atoms with van der Waals surface area (Å²) in [6, 6.07) is 16.0. The first-order valence-corrected chi connectivity index (χ1v) is 9.20. The minimum absolute atomic E-state index is 0. The van der Waals surface area contributed by atoms with Gasteiger partial charge in [-0.05, 0) is 59.7 Å². The molecule has 0 atom stereocenters. The van der Waals surface area contributed by atoms with E-state index in [0.717, 1.165) is 33.9 Å². The third kappa shape index (κ3) is 4.15. The summed E-state index contributed by atoms with van der Waals surface area (Å²) < 4.78 is 0. The molecule has 146 valence electrons. The van der Waals surface area contributed by atoms with Crippen LogP contribution in [-0.4, -0.2) is 27.5 Å². The van der Waals surface area contributed by atoms with E-state index >= 15 is 0 Å². The largest absolute Gasteiger partial charge is 0.402 e. The quantitative estimate of drug-likeness (QED) is 0.349. The van der Waals surface area contributed by atoms with Gasteiger partial charge in [0.25, 0.3) is 0 Å². The second-order valence-electron chi connectivity index (χ2n) is 6.51. The first-order chi connectivity index (χ1) is 14.4. The molecule has 4 aromatic rings. The third-order valence-corrected chi connectivity index (χ3v) is 4.69. The van der Waals surface area contributed by atoms with Gasteiger partial charge in [-0.25, -0.2) is 9.97 Å². The van der Waals surface area contributed by atoms with Crippen molar-refractivity contribution < 1.29 is 20.1 Å². The topological polar surface area (TPSA) is 58.0 Å². The molecule has 0 aliphatic carbocycles. The fourth-order valence-corrected chi connectivity index (χ4v) is 3.13. The molecule has 0 N–H and O–H groups in total. The van der Waals surface area contributed by atoms with Crippen LogP contribution in [0.5, 0.6) is 0 Å². The van der Waals surface area contributed by atoms with E-state index in [1.54, 1.807) is 24.8 Å². The standard InChI is InChI=1S/C22H16BN6.Ir/c1-3-21(26-15-19(1)17-5-9-24-10-6-17)28-13-14-29(23-28)22-4-2-20(16-27-22)18-7-11-25-12-8-18;/h1-16H;. The number of pyridine rings is 4. The average molecular weight is 567 g/mol. The first-order valence-electron chi connectivity index (χ1n) is 9.20. The Morgan fingerprint density at radius 1 is 0.533 bits per heavy atom. The fraction of sp³-hybridized carbons (Fsp3) is 0. The third-order valence-electron chi connectivity index (χ3n) is 4.69. The van der Waals surface area contributed by atoms with Crippen molar-refractivity contribution in [3.63, 3.8) is 0 Å². The zero-order valence-electron chi connectivity index (χ0n) is 15.8. The van der Waals surface area contributed by atoms with Crippen LogP contribution in [-0.2, 0) is 20.1 Å². The fourth-order valence-electron chi connectivity index (χ4n) is 3.13. The van der Waals surface area contributed by atoms with Gasteiger partial charge in [0, 0.05) is 80.8 Å². The zero-order valence-corrected chi connectivity index (χ0v) is 18.2. The molecule has 0 saturated carbocycles. The van der Waals surface area contributed by atoms with Gasteiger partial charge in [-0.1, -0.05) is 0 Å². The van der Waals surface area contributed by atoms with Gasteiger partial charge in [-0.3, -0.25) is 9.97 Å². The van der Waals surface area contributed by atoms with Crippen molar-refractivity contribution in [1.82, 2.24) is 19.9 Å². The normalized spacial score (nSPS) is 12.4. The van der Waals surface area contributed by atoms with Crippen molar-refractivity contribution in [2.75, 3.05) is 9.62 Å². The van der Waals surface area contributed by atoms with Crippen molar-refractivity contribution in [2.24, 2.45) is 0 Å².